The highest BCUT2D eigenvalue weighted by atomic mass is 79.9. The Bertz CT molecular complexity index is 482. The minimum absolute atomic E-state index is 0.0173. The van der Waals surface area contributed by atoms with Crippen LogP contribution in [-0.4, -0.2) is 31.8 Å². The lowest BCUT2D eigenvalue weighted by atomic mass is 10.1. The van der Waals surface area contributed by atoms with Gasteiger partial charge in [-0.2, -0.15) is 0 Å². The van der Waals surface area contributed by atoms with Crippen LogP contribution in [0.4, 0.5) is 0 Å². The maximum absolute atomic E-state index is 11.9. The third-order valence-corrected chi connectivity index (χ3v) is 4.41. The summed E-state index contributed by atoms with van der Waals surface area (Å²) in [6.07, 6.45) is 1.70. The average molecular weight is 422 g/mol. The van der Waals surface area contributed by atoms with Gasteiger partial charge in [0.2, 0.25) is 0 Å². The van der Waals surface area contributed by atoms with Gasteiger partial charge in [0.1, 0.15) is 5.75 Å². The highest BCUT2D eigenvalue weighted by Crippen LogP contribution is 2.34. The third-order valence-electron chi connectivity index (χ3n) is 3.23. The molecule has 3 N–H and O–H groups in total. The van der Waals surface area contributed by atoms with Gasteiger partial charge in [0.25, 0.3) is 5.91 Å². The van der Waals surface area contributed by atoms with E-state index in [1.165, 1.54) is 0 Å². The van der Waals surface area contributed by atoms with E-state index in [4.69, 9.17) is 15.2 Å². The predicted molar refractivity (Wildman–Crippen MR) is 87.2 cm³/mol. The normalized spacial score (nSPS) is 15.8. The Labute approximate surface area is 140 Å². The summed E-state index contributed by atoms with van der Waals surface area (Å²) in [5, 5.41) is 2.96. The molecule has 0 aliphatic carbocycles. The van der Waals surface area contributed by atoms with Gasteiger partial charge >= 0.3 is 0 Å². The summed E-state index contributed by atoms with van der Waals surface area (Å²) in [6, 6.07) is 3.95. The number of carbonyl (C=O) groups excluding carboxylic acids is 1. The monoisotopic (exact) mass is 420 g/mol. The Hall–Kier alpha value is -0.630. The Morgan fingerprint density at radius 1 is 1.33 bits per heavy atom. The van der Waals surface area contributed by atoms with E-state index < -0.39 is 0 Å². The molecular formula is C14H18Br2N2O3. The molecule has 0 unspecified atom stereocenters. The fourth-order valence-corrected chi connectivity index (χ4v) is 3.63. The second-order valence-electron chi connectivity index (χ2n) is 4.84. The van der Waals surface area contributed by atoms with E-state index in [0.29, 0.717) is 25.5 Å². The molecule has 5 nitrogen and oxygen atoms in total. The zero-order valence-electron chi connectivity index (χ0n) is 11.5. The van der Waals surface area contributed by atoms with Crippen LogP contribution >= 0.6 is 31.9 Å². The number of amides is 1. The van der Waals surface area contributed by atoms with Gasteiger partial charge in [-0.3, -0.25) is 4.79 Å². The molecule has 7 heteroatoms. The minimum atomic E-state index is -0.122. The molecule has 0 radical (unpaired) electrons. The lowest BCUT2D eigenvalue weighted by Crippen LogP contribution is -2.41. The first kappa shape index (κ1) is 16.7. The Kier molecular flexibility index (Phi) is 6.47. The van der Waals surface area contributed by atoms with Crippen LogP contribution in [0.5, 0.6) is 5.75 Å². The van der Waals surface area contributed by atoms with Gasteiger partial charge in [-0.1, -0.05) is 0 Å². The van der Waals surface area contributed by atoms with E-state index in [2.05, 4.69) is 37.2 Å². The first-order chi connectivity index (χ1) is 10.1. The molecule has 0 spiro atoms. The number of hydrogen-bond acceptors (Lipinski definition) is 4. The van der Waals surface area contributed by atoms with Crippen molar-refractivity contribution in [1.82, 2.24) is 5.32 Å². The zero-order valence-corrected chi connectivity index (χ0v) is 14.7. The molecule has 1 aliphatic heterocycles. The van der Waals surface area contributed by atoms with Crippen LogP contribution in [-0.2, 0) is 16.1 Å². The summed E-state index contributed by atoms with van der Waals surface area (Å²) in [5.41, 5.74) is 6.59. The molecule has 0 atom stereocenters. The van der Waals surface area contributed by atoms with Crippen molar-refractivity contribution < 1.29 is 14.3 Å². The van der Waals surface area contributed by atoms with Gasteiger partial charge in [-0.05, 0) is 62.4 Å². The molecule has 1 fully saturated rings. The second-order valence-corrected chi connectivity index (χ2v) is 6.54. The van der Waals surface area contributed by atoms with Gasteiger partial charge in [-0.15, -0.1) is 0 Å². The molecule has 2 rings (SSSR count). The summed E-state index contributed by atoms with van der Waals surface area (Å²) in [5.74, 6) is 0.484. The SMILES string of the molecule is NCc1cc(Br)c(OCC(=O)NC2CCOCC2)c(Br)c1. The lowest BCUT2D eigenvalue weighted by Gasteiger charge is -2.23. The van der Waals surface area contributed by atoms with E-state index in [9.17, 15) is 4.79 Å². The summed E-state index contributed by atoms with van der Waals surface area (Å²) < 4.78 is 12.4. The molecule has 1 aliphatic rings. The van der Waals surface area contributed by atoms with Crippen LogP contribution in [0.25, 0.3) is 0 Å². The van der Waals surface area contributed by atoms with E-state index in [1.54, 1.807) is 0 Å². The molecular weight excluding hydrogens is 404 g/mol. The molecule has 1 saturated heterocycles. The van der Waals surface area contributed by atoms with Crippen LogP contribution < -0.4 is 15.8 Å². The van der Waals surface area contributed by atoms with E-state index >= 15 is 0 Å². The fourth-order valence-electron chi connectivity index (χ4n) is 2.12. The number of halogens is 2. The smallest absolute Gasteiger partial charge is 0.258 e. The maximum Gasteiger partial charge on any atom is 0.258 e. The summed E-state index contributed by atoms with van der Waals surface area (Å²) >= 11 is 6.86. The first-order valence-corrected chi connectivity index (χ1v) is 8.36. The maximum atomic E-state index is 11.9. The molecule has 1 heterocycles. The van der Waals surface area contributed by atoms with Crippen LogP contribution in [0.3, 0.4) is 0 Å². The lowest BCUT2D eigenvalue weighted by molar-refractivity contribution is -0.124. The number of nitrogens with two attached hydrogens (primary N) is 1. The summed E-state index contributed by atoms with van der Waals surface area (Å²) in [4.78, 5) is 11.9. The zero-order chi connectivity index (χ0) is 15.2. The van der Waals surface area contributed by atoms with Crippen molar-refractivity contribution in [3.63, 3.8) is 0 Å². The largest absolute Gasteiger partial charge is 0.481 e. The number of rotatable bonds is 5. The number of nitrogens with one attached hydrogen (secondary N) is 1. The molecule has 116 valence electrons. The van der Waals surface area contributed by atoms with E-state index in [0.717, 1.165) is 27.4 Å². The number of hydrogen-bond donors (Lipinski definition) is 2. The molecule has 0 saturated carbocycles. The summed E-state index contributed by atoms with van der Waals surface area (Å²) in [7, 11) is 0. The van der Waals surface area contributed by atoms with Gasteiger partial charge in [0.15, 0.2) is 6.61 Å². The minimum Gasteiger partial charge on any atom is -0.481 e. The van der Waals surface area contributed by atoms with Gasteiger partial charge < -0.3 is 20.5 Å². The van der Waals surface area contributed by atoms with Crippen LogP contribution in [0, 0.1) is 0 Å². The van der Waals surface area contributed by atoms with Gasteiger partial charge in [0.05, 0.1) is 8.95 Å². The Morgan fingerprint density at radius 2 is 1.95 bits per heavy atom. The van der Waals surface area contributed by atoms with Crippen molar-refractivity contribution in [1.29, 1.82) is 0 Å². The van der Waals surface area contributed by atoms with Crippen LogP contribution in [0.1, 0.15) is 18.4 Å². The van der Waals surface area contributed by atoms with E-state index in [1.807, 2.05) is 12.1 Å². The van der Waals surface area contributed by atoms with Crippen LogP contribution in [0.15, 0.2) is 21.1 Å². The van der Waals surface area contributed by atoms with Crippen molar-refractivity contribution in [2.75, 3.05) is 19.8 Å². The van der Waals surface area contributed by atoms with Crippen molar-refractivity contribution in [3.8, 4) is 5.75 Å². The number of carbonyl (C=O) groups is 1. The summed E-state index contributed by atoms with van der Waals surface area (Å²) in [6.45, 7) is 1.82. The van der Waals surface area contributed by atoms with Crippen molar-refractivity contribution in [2.45, 2.75) is 25.4 Å². The van der Waals surface area contributed by atoms with Crippen molar-refractivity contribution in [3.05, 3.63) is 26.6 Å². The predicted octanol–water partition coefficient (Wildman–Crippen LogP) is 2.34. The van der Waals surface area contributed by atoms with Gasteiger partial charge in [-0.25, -0.2) is 0 Å². The standard InChI is InChI=1S/C14H18Br2N2O3/c15-11-5-9(7-17)6-12(16)14(11)21-8-13(19)18-10-1-3-20-4-2-10/h5-6,10H,1-4,7-8,17H2,(H,18,19). The second kappa shape index (κ2) is 8.12. The first-order valence-electron chi connectivity index (χ1n) is 6.78. The molecule has 21 heavy (non-hydrogen) atoms. The number of ether oxygens (including phenoxy) is 2. The van der Waals surface area contributed by atoms with E-state index in [-0.39, 0.29) is 18.6 Å². The van der Waals surface area contributed by atoms with Gasteiger partial charge in [0, 0.05) is 25.8 Å². The van der Waals surface area contributed by atoms with Crippen molar-refractivity contribution in [2.24, 2.45) is 5.73 Å². The average Bonchev–Trinajstić information content (AvgIpc) is 2.47. The van der Waals surface area contributed by atoms with Crippen LogP contribution in [0.2, 0.25) is 0 Å². The fraction of sp³-hybridized carbons (Fsp3) is 0.500. The highest BCUT2D eigenvalue weighted by molar-refractivity contribution is 9.11. The highest BCUT2D eigenvalue weighted by Gasteiger charge is 2.17. The quantitative estimate of drug-likeness (QED) is 0.765. The third kappa shape index (κ3) is 4.95. The molecule has 0 aromatic heterocycles. The molecule has 1 aromatic rings. The Morgan fingerprint density at radius 3 is 2.52 bits per heavy atom. The number of benzene rings is 1. The van der Waals surface area contributed by atoms with Crippen molar-refractivity contribution >= 4 is 37.8 Å². The molecule has 1 aromatic carbocycles. The molecule has 1 amide bonds. The molecule has 0 bridgehead atoms. The topological polar surface area (TPSA) is 73.6 Å². The Balaban J connectivity index is 1.88.